The van der Waals surface area contributed by atoms with E-state index in [-0.39, 0.29) is 59.8 Å². The third kappa shape index (κ3) is 8.72. The van der Waals surface area contributed by atoms with E-state index in [9.17, 15) is 26.4 Å². The van der Waals surface area contributed by atoms with E-state index in [1.165, 1.54) is 22.8 Å². The summed E-state index contributed by atoms with van der Waals surface area (Å²) in [6, 6.07) is 12.7. The van der Waals surface area contributed by atoms with Crippen LogP contribution in [0.4, 0.5) is 0 Å². The van der Waals surface area contributed by atoms with Crippen LogP contribution in [0.5, 0.6) is 0 Å². The highest BCUT2D eigenvalue weighted by Crippen LogP contribution is 2.33. The van der Waals surface area contributed by atoms with Crippen molar-refractivity contribution in [2.24, 2.45) is 11.8 Å². The van der Waals surface area contributed by atoms with Crippen LogP contribution in [0.15, 0.2) is 58.3 Å². The molecule has 4 atom stereocenters. The van der Waals surface area contributed by atoms with E-state index < -0.39 is 44.4 Å². The Bertz CT molecular complexity index is 1420. The minimum atomic E-state index is -3.75. The Morgan fingerprint density at radius 3 is 1.24 bits per heavy atom. The summed E-state index contributed by atoms with van der Waals surface area (Å²) in [5.41, 5.74) is 1.96. The monoisotopic (exact) mass is 682 g/mol. The SMILES string of the molecule is COC(=O)C[C@@H]1OC[C@H](C(C)C)N1S(=O)(=O)c1ccc(C)cc1.COC(=O)C[C@@H]1OC[C@H](C(C)C)N1S(=O)(=O)c1ccc(C)cc1. The summed E-state index contributed by atoms with van der Waals surface area (Å²) in [6.45, 7) is 12.1. The van der Waals surface area contributed by atoms with Crippen LogP contribution in [-0.2, 0) is 48.6 Å². The second-order valence-corrected chi connectivity index (χ2v) is 15.7. The Morgan fingerprint density at radius 1 is 0.674 bits per heavy atom. The van der Waals surface area contributed by atoms with Gasteiger partial charge in [0.25, 0.3) is 0 Å². The maximum absolute atomic E-state index is 13.0. The van der Waals surface area contributed by atoms with Crippen LogP contribution in [0.2, 0.25) is 0 Å². The molecule has 0 bridgehead atoms. The predicted octanol–water partition coefficient (Wildman–Crippen LogP) is 3.86. The van der Waals surface area contributed by atoms with Crippen LogP contribution in [0, 0.1) is 25.7 Å². The van der Waals surface area contributed by atoms with Crippen LogP contribution in [0.1, 0.15) is 51.7 Å². The molecule has 0 unspecified atom stereocenters. The van der Waals surface area contributed by atoms with Gasteiger partial charge in [-0.3, -0.25) is 9.59 Å². The van der Waals surface area contributed by atoms with Crippen molar-refractivity contribution in [3.05, 3.63) is 59.7 Å². The van der Waals surface area contributed by atoms with Crippen LogP contribution < -0.4 is 0 Å². The molecule has 2 saturated heterocycles. The molecule has 2 aliphatic heterocycles. The lowest BCUT2D eigenvalue weighted by Gasteiger charge is -2.29. The topological polar surface area (TPSA) is 146 Å². The second-order valence-electron chi connectivity index (χ2n) is 12.1. The van der Waals surface area contributed by atoms with Gasteiger partial charge in [0.05, 0.1) is 62.1 Å². The van der Waals surface area contributed by atoms with Crippen molar-refractivity contribution in [3.8, 4) is 0 Å². The first-order chi connectivity index (χ1) is 21.5. The van der Waals surface area contributed by atoms with Gasteiger partial charge < -0.3 is 18.9 Å². The molecule has 0 aromatic heterocycles. The number of ether oxygens (including phenoxy) is 4. The van der Waals surface area contributed by atoms with Gasteiger partial charge in [0.1, 0.15) is 12.5 Å². The zero-order valence-electron chi connectivity index (χ0n) is 27.7. The standard InChI is InChI=1S/2C16H23NO5S/c2*1-11(2)14-10-22-15(9-16(18)21-4)17(14)23(19,20)13-7-5-12(3)6-8-13/h2*5-8,11,14-15H,9-10H2,1-4H3/t2*14-,15+/m11/s1. The molecular weight excluding hydrogens is 636 g/mol. The molecule has 2 fully saturated rings. The first kappa shape index (κ1) is 37.6. The van der Waals surface area contributed by atoms with Crippen molar-refractivity contribution < 1.29 is 45.4 Å². The fraction of sp³-hybridized carbons (Fsp3) is 0.562. The maximum atomic E-state index is 13.0. The normalized spacial score (nSPS) is 22.5. The summed E-state index contributed by atoms with van der Waals surface area (Å²) in [6.07, 6.45) is -1.90. The van der Waals surface area contributed by atoms with Gasteiger partial charge in [0.2, 0.25) is 20.0 Å². The molecule has 14 heteroatoms. The molecule has 0 radical (unpaired) electrons. The zero-order chi connectivity index (χ0) is 34.4. The number of hydrogen-bond donors (Lipinski definition) is 0. The zero-order valence-corrected chi connectivity index (χ0v) is 29.3. The molecule has 0 spiro atoms. The molecule has 0 aliphatic carbocycles. The minimum Gasteiger partial charge on any atom is -0.469 e. The Morgan fingerprint density at radius 2 is 0.978 bits per heavy atom. The third-order valence-corrected chi connectivity index (χ3v) is 11.9. The highest BCUT2D eigenvalue weighted by atomic mass is 32.2. The number of nitrogens with zero attached hydrogens (tertiary/aromatic N) is 2. The molecule has 4 rings (SSSR count). The summed E-state index contributed by atoms with van der Waals surface area (Å²) in [5.74, 6) is -0.859. The Kier molecular flexibility index (Phi) is 12.9. The predicted molar refractivity (Wildman–Crippen MR) is 170 cm³/mol. The Labute approximate surface area is 273 Å². The Balaban J connectivity index is 0.000000250. The fourth-order valence-corrected chi connectivity index (χ4v) is 8.85. The number of aryl methyl sites for hydroxylation is 2. The molecule has 0 N–H and O–H groups in total. The van der Waals surface area contributed by atoms with Crippen LogP contribution >= 0.6 is 0 Å². The van der Waals surface area contributed by atoms with Gasteiger partial charge in [-0.1, -0.05) is 63.1 Å². The second kappa shape index (κ2) is 15.8. The van der Waals surface area contributed by atoms with E-state index in [0.717, 1.165) is 11.1 Å². The van der Waals surface area contributed by atoms with Crippen molar-refractivity contribution in [3.63, 3.8) is 0 Å². The van der Waals surface area contributed by atoms with Crippen LogP contribution in [0.25, 0.3) is 0 Å². The summed E-state index contributed by atoms with van der Waals surface area (Å²) in [7, 11) is -4.96. The van der Waals surface area contributed by atoms with Crippen molar-refractivity contribution in [2.45, 2.75) is 88.7 Å². The maximum Gasteiger partial charge on any atom is 0.309 e. The lowest BCUT2D eigenvalue weighted by molar-refractivity contribution is -0.145. The molecule has 2 aromatic carbocycles. The first-order valence-corrected chi connectivity index (χ1v) is 18.0. The van der Waals surface area contributed by atoms with Gasteiger partial charge in [-0.2, -0.15) is 8.61 Å². The molecule has 46 heavy (non-hydrogen) atoms. The number of sulfonamides is 2. The van der Waals surface area contributed by atoms with E-state index in [1.807, 2.05) is 41.5 Å². The summed E-state index contributed by atoms with van der Waals surface area (Å²) in [5, 5.41) is 0. The van der Waals surface area contributed by atoms with Gasteiger partial charge in [-0.05, 0) is 49.9 Å². The van der Waals surface area contributed by atoms with E-state index in [1.54, 1.807) is 48.5 Å². The number of esters is 2. The number of carbonyl (C=O) groups is 2. The molecule has 12 nitrogen and oxygen atoms in total. The quantitative estimate of drug-likeness (QED) is 0.339. The molecule has 2 aliphatic rings. The Hall–Kier alpha value is -2.88. The highest BCUT2D eigenvalue weighted by Gasteiger charge is 2.46. The fourth-order valence-electron chi connectivity index (χ4n) is 5.19. The lowest BCUT2D eigenvalue weighted by atomic mass is 10.1. The van der Waals surface area contributed by atoms with Gasteiger partial charge in [0, 0.05) is 0 Å². The van der Waals surface area contributed by atoms with E-state index in [4.69, 9.17) is 9.47 Å². The van der Waals surface area contributed by atoms with Crippen LogP contribution in [-0.4, -0.2) is 89.4 Å². The number of rotatable bonds is 10. The first-order valence-electron chi connectivity index (χ1n) is 15.1. The minimum absolute atomic E-state index is 0.0675. The van der Waals surface area contributed by atoms with E-state index in [2.05, 4.69) is 9.47 Å². The van der Waals surface area contributed by atoms with Crippen molar-refractivity contribution in [1.29, 1.82) is 0 Å². The van der Waals surface area contributed by atoms with Crippen molar-refractivity contribution in [1.82, 2.24) is 8.61 Å². The summed E-state index contributed by atoms with van der Waals surface area (Å²) < 4.78 is 75.3. The van der Waals surface area contributed by atoms with Gasteiger partial charge >= 0.3 is 11.9 Å². The number of methoxy groups -OCH3 is 2. The molecule has 2 heterocycles. The largest absolute Gasteiger partial charge is 0.469 e. The number of carbonyl (C=O) groups excluding carboxylic acids is 2. The van der Waals surface area contributed by atoms with Gasteiger partial charge in [-0.15, -0.1) is 0 Å². The summed E-state index contributed by atoms with van der Waals surface area (Å²) in [4.78, 5) is 23.6. The van der Waals surface area contributed by atoms with Crippen LogP contribution in [0.3, 0.4) is 0 Å². The average Bonchev–Trinajstić information content (AvgIpc) is 3.63. The van der Waals surface area contributed by atoms with Crippen molar-refractivity contribution >= 4 is 32.0 Å². The summed E-state index contributed by atoms with van der Waals surface area (Å²) >= 11 is 0. The lowest BCUT2D eigenvalue weighted by Crippen LogP contribution is -2.45. The van der Waals surface area contributed by atoms with Gasteiger partial charge in [-0.25, -0.2) is 16.8 Å². The molecule has 2 aromatic rings. The third-order valence-electron chi connectivity index (χ3n) is 8.01. The van der Waals surface area contributed by atoms with Crippen molar-refractivity contribution in [2.75, 3.05) is 27.4 Å². The molecule has 0 amide bonds. The molecule has 256 valence electrons. The average molecular weight is 683 g/mol. The highest BCUT2D eigenvalue weighted by molar-refractivity contribution is 7.89. The van der Waals surface area contributed by atoms with Gasteiger partial charge in [0.15, 0.2) is 0 Å². The number of hydrogen-bond acceptors (Lipinski definition) is 10. The van der Waals surface area contributed by atoms with E-state index >= 15 is 0 Å². The number of benzene rings is 2. The molecular formula is C32H46N2O10S2. The molecule has 0 saturated carbocycles. The smallest absolute Gasteiger partial charge is 0.309 e. The van der Waals surface area contributed by atoms with E-state index in [0.29, 0.717) is 0 Å².